The highest BCUT2D eigenvalue weighted by atomic mass is 19.1. The first-order valence-electron chi connectivity index (χ1n) is 6.40. The number of hydrogen-bond acceptors (Lipinski definition) is 2. The predicted molar refractivity (Wildman–Crippen MR) is 75.3 cm³/mol. The Bertz CT molecular complexity index is 578. The van der Waals surface area contributed by atoms with E-state index in [1.165, 1.54) is 12.1 Å². The number of hydrogen-bond donors (Lipinski definition) is 2. The van der Waals surface area contributed by atoms with Gasteiger partial charge in [-0.05, 0) is 23.6 Å². The average molecular weight is 273 g/mol. The van der Waals surface area contributed by atoms with Crippen molar-refractivity contribution in [2.45, 2.75) is 12.8 Å². The fourth-order valence-electron chi connectivity index (χ4n) is 1.97. The predicted octanol–water partition coefficient (Wildman–Crippen LogP) is 3.06. The maximum Gasteiger partial charge on any atom is 0.258 e. The summed E-state index contributed by atoms with van der Waals surface area (Å²) in [7, 11) is 0. The number of benzene rings is 2. The van der Waals surface area contributed by atoms with Gasteiger partial charge in [-0.25, -0.2) is 4.39 Å². The Hall–Kier alpha value is -2.36. The zero-order chi connectivity index (χ0) is 14.5. The van der Waals surface area contributed by atoms with E-state index >= 15 is 0 Å². The molecule has 2 aromatic rings. The Morgan fingerprint density at radius 1 is 1.20 bits per heavy atom. The van der Waals surface area contributed by atoms with Crippen LogP contribution in [0.2, 0.25) is 0 Å². The van der Waals surface area contributed by atoms with Crippen LogP contribution in [0, 0.1) is 5.82 Å². The van der Waals surface area contributed by atoms with E-state index in [1.54, 1.807) is 0 Å². The van der Waals surface area contributed by atoms with Gasteiger partial charge in [-0.1, -0.05) is 43.3 Å². The quantitative estimate of drug-likeness (QED) is 0.899. The van der Waals surface area contributed by atoms with Crippen LogP contribution < -0.4 is 5.32 Å². The van der Waals surface area contributed by atoms with Crippen LogP contribution in [-0.4, -0.2) is 17.6 Å². The molecule has 0 heterocycles. The standard InChI is InChI=1S/C16H16FNO2/c1-11(12-6-3-2-4-7-12)10-18-16(20)15-13(17)8-5-9-14(15)19/h2-9,11,19H,10H2,1H3,(H,18,20). The van der Waals surface area contributed by atoms with Crippen molar-refractivity contribution in [2.75, 3.05) is 6.54 Å². The van der Waals surface area contributed by atoms with Crippen molar-refractivity contribution in [1.82, 2.24) is 5.32 Å². The molecule has 0 spiro atoms. The third-order valence-electron chi connectivity index (χ3n) is 3.16. The third kappa shape index (κ3) is 3.15. The topological polar surface area (TPSA) is 49.3 Å². The minimum atomic E-state index is -0.727. The Balaban J connectivity index is 2.03. The maximum absolute atomic E-state index is 13.5. The van der Waals surface area contributed by atoms with E-state index in [-0.39, 0.29) is 17.2 Å². The van der Waals surface area contributed by atoms with Gasteiger partial charge in [0.1, 0.15) is 17.1 Å². The number of aromatic hydroxyl groups is 1. The largest absolute Gasteiger partial charge is 0.507 e. The molecule has 2 rings (SSSR count). The number of nitrogens with one attached hydrogen (secondary N) is 1. The summed E-state index contributed by atoms with van der Waals surface area (Å²) in [6.07, 6.45) is 0. The average Bonchev–Trinajstić information content (AvgIpc) is 2.45. The van der Waals surface area contributed by atoms with Crippen molar-refractivity contribution in [3.63, 3.8) is 0 Å². The Morgan fingerprint density at radius 3 is 2.55 bits per heavy atom. The first kappa shape index (κ1) is 14.1. The van der Waals surface area contributed by atoms with Gasteiger partial charge in [0.15, 0.2) is 0 Å². The van der Waals surface area contributed by atoms with Crippen LogP contribution in [0.25, 0.3) is 0 Å². The summed E-state index contributed by atoms with van der Waals surface area (Å²) in [4.78, 5) is 11.9. The lowest BCUT2D eigenvalue weighted by Gasteiger charge is -2.13. The summed E-state index contributed by atoms with van der Waals surface area (Å²) in [6, 6.07) is 13.5. The maximum atomic E-state index is 13.5. The zero-order valence-corrected chi connectivity index (χ0v) is 11.1. The zero-order valence-electron chi connectivity index (χ0n) is 11.1. The van der Waals surface area contributed by atoms with Gasteiger partial charge >= 0.3 is 0 Å². The number of amides is 1. The van der Waals surface area contributed by atoms with Crippen molar-refractivity contribution >= 4 is 5.91 Å². The van der Waals surface area contributed by atoms with Crippen molar-refractivity contribution in [3.05, 3.63) is 65.5 Å². The molecular weight excluding hydrogens is 257 g/mol. The minimum absolute atomic E-state index is 0.106. The number of phenols is 1. The Labute approximate surface area is 117 Å². The van der Waals surface area contributed by atoms with Crippen LogP contribution in [0.15, 0.2) is 48.5 Å². The summed E-state index contributed by atoms with van der Waals surface area (Å²) in [5, 5.41) is 12.2. The monoisotopic (exact) mass is 273 g/mol. The van der Waals surface area contributed by atoms with E-state index in [9.17, 15) is 14.3 Å². The molecule has 20 heavy (non-hydrogen) atoms. The highest BCUT2D eigenvalue weighted by molar-refractivity contribution is 5.97. The normalized spacial score (nSPS) is 11.9. The van der Waals surface area contributed by atoms with Gasteiger partial charge in [-0.2, -0.15) is 0 Å². The van der Waals surface area contributed by atoms with Crippen LogP contribution >= 0.6 is 0 Å². The molecule has 0 aliphatic carbocycles. The number of carbonyl (C=O) groups is 1. The second kappa shape index (κ2) is 6.19. The van der Waals surface area contributed by atoms with Gasteiger partial charge in [-0.15, -0.1) is 0 Å². The summed E-state index contributed by atoms with van der Waals surface area (Å²) >= 11 is 0. The number of phenolic OH excluding ortho intramolecular Hbond substituents is 1. The fourth-order valence-corrected chi connectivity index (χ4v) is 1.97. The molecule has 0 radical (unpaired) electrons. The summed E-state index contributed by atoms with van der Waals surface area (Å²) < 4.78 is 13.5. The highest BCUT2D eigenvalue weighted by Gasteiger charge is 2.17. The first-order chi connectivity index (χ1) is 9.59. The van der Waals surface area contributed by atoms with Gasteiger partial charge < -0.3 is 10.4 Å². The molecule has 2 aromatic carbocycles. The van der Waals surface area contributed by atoms with E-state index in [0.717, 1.165) is 11.6 Å². The Morgan fingerprint density at radius 2 is 1.90 bits per heavy atom. The van der Waals surface area contributed by atoms with Gasteiger partial charge in [0.2, 0.25) is 0 Å². The van der Waals surface area contributed by atoms with Crippen LogP contribution in [0.5, 0.6) is 5.75 Å². The first-order valence-corrected chi connectivity index (χ1v) is 6.40. The second-order valence-corrected chi connectivity index (χ2v) is 4.66. The molecule has 0 aromatic heterocycles. The molecule has 4 heteroatoms. The van der Waals surface area contributed by atoms with E-state index in [1.807, 2.05) is 37.3 Å². The van der Waals surface area contributed by atoms with Gasteiger partial charge in [0.25, 0.3) is 5.91 Å². The molecule has 3 nitrogen and oxygen atoms in total. The van der Waals surface area contributed by atoms with Crippen LogP contribution in [0.4, 0.5) is 4.39 Å². The summed E-state index contributed by atoms with van der Waals surface area (Å²) in [6.45, 7) is 2.34. The van der Waals surface area contributed by atoms with Gasteiger partial charge in [0.05, 0.1) is 0 Å². The van der Waals surface area contributed by atoms with Crippen LogP contribution in [0.3, 0.4) is 0 Å². The summed E-state index contributed by atoms with van der Waals surface area (Å²) in [5.41, 5.74) is 0.776. The van der Waals surface area contributed by atoms with E-state index < -0.39 is 11.7 Å². The lowest BCUT2D eigenvalue weighted by molar-refractivity contribution is 0.0944. The molecule has 0 aliphatic rings. The van der Waals surface area contributed by atoms with Crippen molar-refractivity contribution in [2.24, 2.45) is 0 Å². The molecule has 2 N–H and O–H groups in total. The SMILES string of the molecule is CC(CNC(=O)c1c(O)cccc1F)c1ccccc1. The minimum Gasteiger partial charge on any atom is -0.507 e. The number of carbonyl (C=O) groups excluding carboxylic acids is 1. The Kier molecular flexibility index (Phi) is 4.35. The van der Waals surface area contributed by atoms with Gasteiger partial charge in [0, 0.05) is 6.54 Å². The summed E-state index contributed by atoms with van der Waals surface area (Å²) in [5.74, 6) is -1.58. The highest BCUT2D eigenvalue weighted by Crippen LogP contribution is 2.20. The molecule has 0 bridgehead atoms. The van der Waals surface area contributed by atoms with E-state index in [2.05, 4.69) is 5.32 Å². The number of halogens is 1. The second-order valence-electron chi connectivity index (χ2n) is 4.66. The molecule has 1 unspecified atom stereocenters. The van der Waals surface area contributed by atoms with Crippen LogP contribution in [-0.2, 0) is 0 Å². The smallest absolute Gasteiger partial charge is 0.258 e. The molecule has 0 aliphatic heterocycles. The van der Waals surface area contributed by atoms with E-state index in [0.29, 0.717) is 6.54 Å². The van der Waals surface area contributed by atoms with Crippen molar-refractivity contribution in [1.29, 1.82) is 0 Å². The third-order valence-corrected chi connectivity index (χ3v) is 3.16. The van der Waals surface area contributed by atoms with Crippen LogP contribution in [0.1, 0.15) is 28.8 Å². The molecular formula is C16H16FNO2. The molecule has 1 amide bonds. The molecule has 1 atom stereocenters. The molecule has 104 valence electrons. The molecule has 0 saturated heterocycles. The molecule has 0 fully saturated rings. The lowest BCUT2D eigenvalue weighted by Crippen LogP contribution is -2.28. The fraction of sp³-hybridized carbons (Fsp3) is 0.188. The van der Waals surface area contributed by atoms with Crippen molar-refractivity contribution in [3.8, 4) is 5.75 Å². The lowest BCUT2D eigenvalue weighted by atomic mass is 10.0. The molecule has 0 saturated carbocycles. The van der Waals surface area contributed by atoms with Gasteiger partial charge in [-0.3, -0.25) is 4.79 Å². The van der Waals surface area contributed by atoms with Crippen molar-refractivity contribution < 1.29 is 14.3 Å². The number of rotatable bonds is 4. The van der Waals surface area contributed by atoms with E-state index in [4.69, 9.17) is 0 Å².